The minimum Gasteiger partial charge on any atom is -0.460 e. The van der Waals surface area contributed by atoms with Crippen molar-refractivity contribution in [2.75, 3.05) is 5.32 Å². The first-order chi connectivity index (χ1) is 9.19. The molecule has 20 heavy (non-hydrogen) atoms. The fourth-order valence-electron chi connectivity index (χ4n) is 1.43. The SMILES string of the molecule is CC(C)(C)OC(=O)CCC(=O)Nc1c(Br)cccc1Br. The van der Waals surface area contributed by atoms with Gasteiger partial charge < -0.3 is 10.1 Å². The molecule has 0 saturated carbocycles. The Morgan fingerprint density at radius 3 is 2.20 bits per heavy atom. The summed E-state index contributed by atoms with van der Waals surface area (Å²) in [5, 5.41) is 2.76. The van der Waals surface area contributed by atoms with Crippen molar-refractivity contribution in [3.63, 3.8) is 0 Å². The third kappa shape index (κ3) is 6.05. The average molecular weight is 407 g/mol. The molecule has 0 aliphatic carbocycles. The summed E-state index contributed by atoms with van der Waals surface area (Å²) < 4.78 is 6.70. The van der Waals surface area contributed by atoms with E-state index in [9.17, 15) is 9.59 Å². The van der Waals surface area contributed by atoms with E-state index in [1.807, 2.05) is 18.2 Å². The molecule has 0 aliphatic rings. The smallest absolute Gasteiger partial charge is 0.306 e. The van der Waals surface area contributed by atoms with E-state index in [0.717, 1.165) is 8.95 Å². The van der Waals surface area contributed by atoms with E-state index in [-0.39, 0.29) is 24.7 Å². The van der Waals surface area contributed by atoms with Crippen molar-refractivity contribution >= 4 is 49.4 Å². The van der Waals surface area contributed by atoms with Gasteiger partial charge in [-0.1, -0.05) is 6.07 Å². The zero-order valence-corrected chi connectivity index (χ0v) is 14.8. The number of hydrogen-bond acceptors (Lipinski definition) is 3. The molecule has 0 radical (unpaired) electrons. The van der Waals surface area contributed by atoms with E-state index >= 15 is 0 Å². The van der Waals surface area contributed by atoms with Crippen LogP contribution in [0.15, 0.2) is 27.1 Å². The van der Waals surface area contributed by atoms with E-state index in [2.05, 4.69) is 37.2 Å². The number of carbonyl (C=O) groups excluding carboxylic acids is 2. The maximum absolute atomic E-state index is 11.8. The molecule has 0 spiro atoms. The van der Waals surface area contributed by atoms with Crippen LogP contribution in [0.25, 0.3) is 0 Å². The van der Waals surface area contributed by atoms with E-state index in [0.29, 0.717) is 5.69 Å². The van der Waals surface area contributed by atoms with Crippen LogP contribution in [-0.2, 0) is 14.3 Å². The van der Waals surface area contributed by atoms with Crippen LogP contribution in [0.4, 0.5) is 5.69 Å². The van der Waals surface area contributed by atoms with Crippen LogP contribution >= 0.6 is 31.9 Å². The number of carbonyl (C=O) groups is 2. The molecule has 0 saturated heterocycles. The van der Waals surface area contributed by atoms with E-state index in [1.165, 1.54) is 0 Å². The largest absolute Gasteiger partial charge is 0.460 e. The Hall–Kier alpha value is -0.880. The molecule has 1 aromatic rings. The second kappa shape index (κ2) is 7.22. The summed E-state index contributed by atoms with van der Waals surface area (Å²) in [6, 6.07) is 5.51. The number of halogens is 2. The summed E-state index contributed by atoms with van der Waals surface area (Å²) in [5.41, 5.74) is 0.126. The van der Waals surface area contributed by atoms with Crippen LogP contribution in [0.5, 0.6) is 0 Å². The van der Waals surface area contributed by atoms with Crippen LogP contribution in [0, 0.1) is 0 Å². The first kappa shape index (κ1) is 17.2. The predicted molar refractivity (Wildman–Crippen MR) is 85.6 cm³/mol. The number of nitrogens with one attached hydrogen (secondary N) is 1. The van der Waals surface area contributed by atoms with Gasteiger partial charge in [-0.15, -0.1) is 0 Å². The molecule has 0 bridgehead atoms. The lowest BCUT2D eigenvalue weighted by atomic mass is 10.2. The minimum atomic E-state index is -0.529. The van der Waals surface area contributed by atoms with Crippen LogP contribution < -0.4 is 5.32 Å². The Bertz CT molecular complexity index is 489. The first-order valence-electron chi connectivity index (χ1n) is 6.15. The lowest BCUT2D eigenvalue weighted by Gasteiger charge is -2.19. The summed E-state index contributed by atoms with van der Waals surface area (Å²) in [4.78, 5) is 23.4. The highest BCUT2D eigenvalue weighted by molar-refractivity contribution is 9.11. The number of esters is 1. The molecule has 0 heterocycles. The lowest BCUT2D eigenvalue weighted by Crippen LogP contribution is -2.24. The average Bonchev–Trinajstić information content (AvgIpc) is 2.29. The third-order valence-electron chi connectivity index (χ3n) is 2.20. The Morgan fingerprint density at radius 1 is 1.15 bits per heavy atom. The monoisotopic (exact) mass is 405 g/mol. The van der Waals surface area contributed by atoms with Gasteiger partial charge in [0, 0.05) is 15.4 Å². The van der Waals surface area contributed by atoms with Gasteiger partial charge in [-0.25, -0.2) is 0 Å². The zero-order valence-electron chi connectivity index (χ0n) is 11.6. The Balaban J connectivity index is 2.51. The fourth-order valence-corrected chi connectivity index (χ4v) is 2.62. The Morgan fingerprint density at radius 2 is 1.70 bits per heavy atom. The van der Waals surface area contributed by atoms with Crippen LogP contribution in [-0.4, -0.2) is 17.5 Å². The summed E-state index contributed by atoms with van der Waals surface area (Å²) in [7, 11) is 0. The standard InChI is InChI=1S/C14H17Br2NO3/c1-14(2,3)20-12(19)8-7-11(18)17-13-9(15)5-4-6-10(13)16/h4-6H,7-8H2,1-3H3,(H,17,18). The van der Waals surface area contributed by atoms with Gasteiger partial charge in [-0.05, 0) is 64.8 Å². The van der Waals surface area contributed by atoms with Crippen molar-refractivity contribution in [3.8, 4) is 0 Å². The predicted octanol–water partition coefficient (Wildman–Crippen LogP) is 4.27. The number of ether oxygens (including phenoxy) is 1. The molecule has 6 heteroatoms. The first-order valence-corrected chi connectivity index (χ1v) is 7.73. The van der Waals surface area contributed by atoms with E-state index in [4.69, 9.17) is 4.74 Å². The Kier molecular flexibility index (Phi) is 6.20. The molecule has 1 aromatic carbocycles. The van der Waals surface area contributed by atoms with Crippen molar-refractivity contribution in [2.24, 2.45) is 0 Å². The maximum atomic E-state index is 11.8. The molecule has 0 aromatic heterocycles. The topological polar surface area (TPSA) is 55.4 Å². The Labute approximate surface area is 135 Å². The van der Waals surface area contributed by atoms with Gasteiger partial charge >= 0.3 is 5.97 Å². The highest BCUT2D eigenvalue weighted by Crippen LogP contribution is 2.30. The van der Waals surface area contributed by atoms with Crippen molar-refractivity contribution in [3.05, 3.63) is 27.1 Å². The van der Waals surface area contributed by atoms with Crippen molar-refractivity contribution in [1.82, 2.24) is 0 Å². The number of benzene rings is 1. The molecule has 110 valence electrons. The van der Waals surface area contributed by atoms with Gasteiger partial charge in [0.15, 0.2) is 0 Å². The van der Waals surface area contributed by atoms with Gasteiger partial charge in [-0.2, -0.15) is 0 Å². The highest BCUT2D eigenvalue weighted by atomic mass is 79.9. The van der Waals surface area contributed by atoms with Crippen molar-refractivity contribution in [2.45, 2.75) is 39.2 Å². The summed E-state index contributed by atoms with van der Waals surface area (Å²) >= 11 is 6.72. The molecule has 4 nitrogen and oxygen atoms in total. The highest BCUT2D eigenvalue weighted by Gasteiger charge is 2.17. The molecule has 0 fully saturated rings. The number of amides is 1. The number of para-hydroxylation sites is 1. The third-order valence-corrected chi connectivity index (χ3v) is 3.53. The fraction of sp³-hybridized carbons (Fsp3) is 0.429. The van der Waals surface area contributed by atoms with E-state index < -0.39 is 5.60 Å². The van der Waals surface area contributed by atoms with Crippen LogP contribution in [0.1, 0.15) is 33.6 Å². The molecule has 1 rings (SSSR count). The molecule has 1 amide bonds. The number of hydrogen-bond donors (Lipinski definition) is 1. The second-order valence-corrected chi connectivity index (χ2v) is 6.94. The quantitative estimate of drug-likeness (QED) is 0.759. The van der Waals surface area contributed by atoms with Gasteiger partial charge in [0.2, 0.25) is 5.91 Å². The van der Waals surface area contributed by atoms with Gasteiger partial charge in [-0.3, -0.25) is 9.59 Å². The van der Waals surface area contributed by atoms with Gasteiger partial charge in [0.25, 0.3) is 0 Å². The van der Waals surface area contributed by atoms with Crippen molar-refractivity contribution < 1.29 is 14.3 Å². The summed E-state index contributed by atoms with van der Waals surface area (Å²) in [6.45, 7) is 5.38. The van der Waals surface area contributed by atoms with Crippen LogP contribution in [0.2, 0.25) is 0 Å². The zero-order chi connectivity index (χ0) is 15.3. The van der Waals surface area contributed by atoms with Gasteiger partial charge in [0.1, 0.15) is 5.60 Å². The number of rotatable bonds is 4. The minimum absolute atomic E-state index is 0.0607. The molecule has 0 unspecified atom stereocenters. The molecule has 0 atom stereocenters. The lowest BCUT2D eigenvalue weighted by molar-refractivity contribution is -0.155. The molecular weight excluding hydrogens is 390 g/mol. The van der Waals surface area contributed by atoms with Crippen molar-refractivity contribution in [1.29, 1.82) is 0 Å². The molecule has 1 N–H and O–H groups in total. The van der Waals surface area contributed by atoms with Crippen LogP contribution in [0.3, 0.4) is 0 Å². The normalized spacial score (nSPS) is 11.1. The molecule has 0 aliphatic heterocycles. The number of anilines is 1. The molecular formula is C14H17Br2NO3. The van der Waals surface area contributed by atoms with Gasteiger partial charge in [0.05, 0.1) is 12.1 Å². The maximum Gasteiger partial charge on any atom is 0.306 e. The summed E-state index contributed by atoms with van der Waals surface area (Å²) in [6.07, 6.45) is 0.147. The summed E-state index contributed by atoms with van der Waals surface area (Å²) in [5.74, 6) is -0.609. The van der Waals surface area contributed by atoms with E-state index in [1.54, 1.807) is 20.8 Å². The second-order valence-electron chi connectivity index (χ2n) is 5.23.